The Kier molecular flexibility index (Phi) is 3.26. The van der Waals surface area contributed by atoms with Gasteiger partial charge in [-0.2, -0.15) is 10.5 Å². The molecule has 0 N–H and O–H groups in total. The van der Waals surface area contributed by atoms with Gasteiger partial charge in [-0.15, -0.1) is 0 Å². The molecule has 0 aliphatic carbocycles. The topological polar surface area (TPSA) is 47.6 Å². The quantitative estimate of drug-likeness (QED) is 0.709. The second kappa shape index (κ2) is 4.44. The fraction of sp³-hybridized carbons (Fsp3) is 0.333. The molecule has 0 aliphatic rings. The number of benzene rings is 1. The average molecular weight is 184 g/mol. The van der Waals surface area contributed by atoms with E-state index in [0.29, 0.717) is 5.92 Å². The summed E-state index contributed by atoms with van der Waals surface area (Å²) in [6.07, 6.45) is 0. The van der Waals surface area contributed by atoms with Gasteiger partial charge in [-0.25, -0.2) is 0 Å². The van der Waals surface area contributed by atoms with E-state index in [1.807, 2.05) is 36.4 Å². The van der Waals surface area contributed by atoms with Crippen LogP contribution in [0, 0.1) is 22.7 Å². The highest BCUT2D eigenvalue weighted by atomic mass is 14.3. The standard InChI is InChI=1S/C12H12N2/c1-9(2)10-3-5-11(6-4-10)12(7-13)8-14/h3-6,9,12H,1-2H3. The number of hydrogen-bond donors (Lipinski definition) is 0. The Labute approximate surface area is 84.4 Å². The molecular formula is C12H12N2. The molecule has 0 heterocycles. The molecule has 0 saturated heterocycles. The molecule has 0 amide bonds. The van der Waals surface area contributed by atoms with Gasteiger partial charge in [0.05, 0.1) is 12.1 Å². The van der Waals surface area contributed by atoms with E-state index in [1.165, 1.54) is 5.56 Å². The third kappa shape index (κ3) is 2.12. The van der Waals surface area contributed by atoms with Crippen LogP contribution in [0.25, 0.3) is 0 Å². The molecule has 0 unspecified atom stereocenters. The number of nitriles is 2. The Hall–Kier alpha value is -1.80. The predicted octanol–water partition coefficient (Wildman–Crippen LogP) is 2.94. The zero-order valence-corrected chi connectivity index (χ0v) is 8.36. The van der Waals surface area contributed by atoms with Gasteiger partial charge in [0.2, 0.25) is 0 Å². The molecule has 1 aromatic carbocycles. The van der Waals surface area contributed by atoms with Crippen LogP contribution in [0.3, 0.4) is 0 Å². The smallest absolute Gasteiger partial charge is 0.158 e. The molecule has 2 nitrogen and oxygen atoms in total. The summed E-state index contributed by atoms with van der Waals surface area (Å²) < 4.78 is 0. The van der Waals surface area contributed by atoms with Gasteiger partial charge in [0, 0.05) is 0 Å². The second-order valence-electron chi connectivity index (χ2n) is 3.51. The molecule has 70 valence electrons. The fourth-order valence-corrected chi connectivity index (χ4v) is 1.25. The van der Waals surface area contributed by atoms with E-state index in [1.54, 1.807) is 0 Å². The molecule has 14 heavy (non-hydrogen) atoms. The van der Waals surface area contributed by atoms with E-state index in [0.717, 1.165) is 5.56 Å². The van der Waals surface area contributed by atoms with Crippen molar-refractivity contribution in [3.8, 4) is 12.1 Å². The molecule has 1 aromatic rings. The normalized spacial score (nSPS) is 9.86. The molecule has 0 atom stereocenters. The second-order valence-corrected chi connectivity index (χ2v) is 3.51. The summed E-state index contributed by atoms with van der Waals surface area (Å²) in [6, 6.07) is 11.6. The first-order chi connectivity index (χ1) is 6.69. The third-order valence-electron chi connectivity index (χ3n) is 2.19. The molecule has 0 bridgehead atoms. The predicted molar refractivity (Wildman–Crippen MR) is 54.5 cm³/mol. The average Bonchev–Trinajstić information content (AvgIpc) is 2.20. The van der Waals surface area contributed by atoms with Crippen LogP contribution in [0.5, 0.6) is 0 Å². The summed E-state index contributed by atoms with van der Waals surface area (Å²) in [5, 5.41) is 17.4. The van der Waals surface area contributed by atoms with Crippen LogP contribution in [0.4, 0.5) is 0 Å². The number of nitrogens with zero attached hydrogens (tertiary/aromatic N) is 2. The van der Waals surface area contributed by atoms with Crippen LogP contribution in [-0.4, -0.2) is 0 Å². The first-order valence-corrected chi connectivity index (χ1v) is 4.58. The highest BCUT2D eigenvalue weighted by Gasteiger charge is 2.08. The summed E-state index contributed by atoms with van der Waals surface area (Å²) in [6.45, 7) is 4.22. The molecule has 0 aromatic heterocycles. The van der Waals surface area contributed by atoms with Crippen LogP contribution >= 0.6 is 0 Å². The minimum atomic E-state index is -0.642. The van der Waals surface area contributed by atoms with E-state index >= 15 is 0 Å². The van der Waals surface area contributed by atoms with Gasteiger partial charge in [-0.1, -0.05) is 38.1 Å². The first-order valence-electron chi connectivity index (χ1n) is 4.58. The van der Waals surface area contributed by atoms with Gasteiger partial charge in [-0.05, 0) is 17.0 Å². The summed E-state index contributed by atoms with van der Waals surface area (Å²) in [4.78, 5) is 0. The lowest BCUT2D eigenvalue weighted by molar-refractivity contribution is 0.865. The molecular weight excluding hydrogens is 172 g/mol. The maximum absolute atomic E-state index is 8.69. The number of hydrogen-bond acceptors (Lipinski definition) is 2. The lowest BCUT2D eigenvalue weighted by Crippen LogP contribution is -1.93. The van der Waals surface area contributed by atoms with Crippen molar-refractivity contribution in [2.75, 3.05) is 0 Å². The minimum Gasteiger partial charge on any atom is -0.196 e. The van der Waals surface area contributed by atoms with Crippen molar-refractivity contribution in [3.05, 3.63) is 35.4 Å². The molecule has 0 saturated carbocycles. The van der Waals surface area contributed by atoms with Crippen molar-refractivity contribution in [1.82, 2.24) is 0 Å². The van der Waals surface area contributed by atoms with E-state index in [-0.39, 0.29) is 0 Å². The van der Waals surface area contributed by atoms with Gasteiger partial charge in [0.15, 0.2) is 5.92 Å². The van der Waals surface area contributed by atoms with Gasteiger partial charge < -0.3 is 0 Å². The van der Waals surface area contributed by atoms with Gasteiger partial charge in [-0.3, -0.25) is 0 Å². The van der Waals surface area contributed by atoms with E-state index in [2.05, 4.69) is 13.8 Å². The van der Waals surface area contributed by atoms with E-state index in [9.17, 15) is 0 Å². The van der Waals surface area contributed by atoms with Crippen molar-refractivity contribution in [3.63, 3.8) is 0 Å². The molecule has 2 heteroatoms. The third-order valence-corrected chi connectivity index (χ3v) is 2.19. The largest absolute Gasteiger partial charge is 0.196 e. The molecule has 0 fully saturated rings. The molecule has 0 aliphatic heterocycles. The zero-order chi connectivity index (χ0) is 10.6. The van der Waals surface area contributed by atoms with Crippen molar-refractivity contribution in [2.45, 2.75) is 25.7 Å². The highest BCUT2D eigenvalue weighted by molar-refractivity contribution is 5.34. The van der Waals surface area contributed by atoms with Crippen molar-refractivity contribution < 1.29 is 0 Å². The van der Waals surface area contributed by atoms with Crippen LogP contribution in [0.15, 0.2) is 24.3 Å². The monoisotopic (exact) mass is 184 g/mol. The maximum atomic E-state index is 8.69. The summed E-state index contributed by atoms with van der Waals surface area (Å²) in [5.41, 5.74) is 2.00. The maximum Gasteiger partial charge on any atom is 0.158 e. The minimum absolute atomic E-state index is 0.478. The van der Waals surface area contributed by atoms with Crippen LogP contribution in [0.2, 0.25) is 0 Å². The highest BCUT2D eigenvalue weighted by Crippen LogP contribution is 2.19. The van der Waals surface area contributed by atoms with Crippen molar-refractivity contribution in [2.24, 2.45) is 0 Å². The van der Waals surface area contributed by atoms with Crippen LogP contribution in [0.1, 0.15) is 36.8 Å². The van der Waals surface area contributed by atoms with Crippen molar-refractivity contribution in [1.29, 1.82) is 10.5 Å². The lowest BCUT2D eigenvalue weighted by Gasteiger charge is -2.06. The van der Waals surface area contributed by atoms with E-state index in [4.69, 9.17) is 10.5 Å². The van der Waals surface area contributed by atoms with Crippen LogP contribution in [-0.2, 0) is 0 Å². The summed E-state index contributed by atoms with van der Waals surface area (Å²) in [7, 11) is 0. The first kappa shape index (κ1) is 10.3. The Bertz CT molecular complexity index is 362. The van der Waals surface area contributed by atoms with E-state index < -0.39 is 5.92 Å². The molecule has 0 radical (unpaired) electrons. The molecule has 1 rings (SSSR count). The van der Waals surface area contributed by atoms with Gasteiger partial charge in [0.25, 0.3) is 0 Å². The zero-order valence-electron chi connectivity index (χ0n) is 8.36. The lowest BCUT2D eigenvalue weighted by atomic mass is 9.97. The van der Waals surface area contributed by atoms with Crippen molar-refractivity contribution >= 4 is 0 Å². The Balaban J connectivity index is 2.96. The summed E-state index contributed by atoms with van der Waals surface area (Å²) >= 11 is 0. The van der Waals surface area contributed by atoms with Gasteiger partial charge in [0.1, 0.15) is 0 Å². The Morgan fingerprint density at radius 2 is 1.36 bits per heavy atom. The fourth-order valence-electron chi connectivity index (χ4n) is 1.25. The summed E-state index contributed by atoms with van der Waals surface area (Å²) in [5.74, 6) is -0.164. The Morgan fingerprint density at radius 3 is 1.71 bits per heavy atom. The Morgan fingerprint density at radius 1 is 0.929 bits per heavy atom. The van der Waals surface area contributed by atoms with Gasteiger partial charge >= 0.3 is 0 Å². The molecule has 0 spiro atoms. The SMILES string of the molecule is CC(C)c1ccc(C(C#N)C#N)cc1. The number of rotatable bonds is 2. The van der Waals surface area contributed by atoms with Crippen LogP contribution < -0.4 is 0 Å².